The van der Waals surface area contributed by atoms with Crippen LogP contribution in [0.3, 0.4) is 0 Å². The van der Waals surface area contributed by atoms with Crippen molar-refractivity contribution in [3.8, 4) is 0 Å². The quantitative estimate of drug-likeness (QED) is 0.268. The van der Waals surface area contributed by atoms with E-state index in [1.165, 1.54) is 0 Å². The van der Waals surface area contributed by atoms with Crippen LogP contribution in [-0.4, -0.2) is 46.7 Å². The van der Waals surface area contributed by atoms with E-state index in [4.69, 9.17) is 18.9 Å². The number of ether oxygens (including phenoxy) is 4. The number of halogens is 1. The van der Waals surface area contributed by atoms with Crippen molar-refractivity contribution in [2.45, 2.75) is 30.9 Å². The third-order valence-corrected chi connectivity index (χ3v) is 5.92. The van der Waals surface area contributed by atoms with Crippen molar-refractivity contribution < 1.29 is 33.6 Å². The maximum Gasteiger partial charge on any atom is 0.338 e. The molecule has 8 heteroatoms. The summed E-state index contributed by atoms with van der Waals surface area (Å²) in [4.78, 5) is 25.7. The van der Waals surface area contributed by atoms with Gasteiger partial charge >= 0.3 is 17.9 Å². The Labute approximate surface area is 205 Å². The predicted octanol–water partition coefficient (Wildman–Crippen LogP) is 4.09. The van der Waals surface area contributed by atoms with Gasteiger partial charge in [-0.3, -0.25) is 0 Å². The standard InChI is InChI=1S/C26H23BrO7/c27-16-21-22(32-24(28)19-12-6-2-7-13-19)23(33-25(29)20-14-8-3-9-15-20)26(30,34-21)31-17-18-10-4-1-5-11-18/h1-15,21-23,30H,16-17H2/t21-,22?,23?,26-/m1/s1. The van der Waals surface area contributed by atoms with Gasteiger partial charge in [0.2, 0.25) is 6.10 Å². The first-order valence-corrected chi connectivity index (χ1v) is 11.8. The lowest BCUT2D eigenvalue weighted by atomic mass is 10.1. The fraction of sp³-hybridized carbons (Fsp3) is 0.231. The second-order valence-electron chi connectivity index (χ2n) is 7.64. The van der Waals surface area contributed by atoms with Crippen LogP contribution in [0.15, 0.2) is 91.0 Å². The molecule has 1 aliphatic heterocycles. The number of rotatable bonds is 8. The van der Waals surface area contributed by atoms with Crippen LogP contribution in [-0.2, 0) is 25.6 Å². The molecule has 0 aliphatic carbocycles. The number of aliphatic hydroxyl groups is 1. The lowest BCUT2D eigenvalue weighted by molar-refractivity contribution is -0.378. The van der Waals surface area contributed by atoms with E-state index in [0.717, 1.165) is 5.56 Å². The Morgan fingerprint density at radius 3 is 1.85 bits per heavy atom. The van der Waals surface area contributed by atoms with Crippen LogP contribution in [0.25, 0.3) is 0 Å². The van der Waals surface area contributed by atoms with Crippen molar-refractivity contribution in [1.82, 2.24) is 0 Å². The molecule has 3 aromatic carbocycles. The van der Waals surface area contributed by atoms with Crippen LogP contribution in [0.5, 0.6) is 0 Å². The molecule has 1 N–H and O–H groups in total. The smallest absolute Gasteiger partial charge is 0.338 e. The molecule has 0 saturated carbocycles. The highest BCUT2D eigenvalue weighted by Gasteiger charge is 2.60. The van der Waals surface area contributed by atoms with Gasteiger partial charge in [0.1, 0.15) is 6.10 Å². The number of alkyl halides is 1. The monoisotopic (exact) mass is 526 g/mol. The van der Waals surface area contributed by atoms with Gasteiger partial charge in [-0.25, -0.2) is 9.59 Å². The summed E-state index contributed by atoms with van der Waals surface area (Å²) >= 11 is 3.33. The Morgan fingerprint density at radius 1 is 0.824 bits per heavy atom. The maximum atomic E-state index is 12.9. The zero-order chi connectivity index (χ0) is 24.0. The van der Waals surface area contributed by atoms with Gasteiger partial charge in [0.25, 0.3) is 0 Å². The lowest BCUT2D eigenvalue weighted by Gasteiger charge is -2.29. The molecule has 176 valence electrons. The number of hydrogen-bond donors (Lipinski definition) is 1. The van der Waals surface area contributed by atoms with Gasteiger partial charge in [-0.2, -0.15) is 0 Å². The minimum absolute atomic E-state index is 0.0227. The molecule has 1 heterocycles. The first kappa shape index (κ1) is 24.1. The summed E-state index contributed by atoms with van der Waals surface area (Å²) in [6, 6.07) is 25.8. The Bertz CT molecular complexity index is 1090. The molecule has 34 heavy (non-hydrogen) atoms. The molecule has 2 unspecified atom stereocenters. The van der Waals surface area contributed by atoms with E-state index < -0.39 is 36.2 Å². The van der Waals surface area contributed by atoms with Crippen molar-refractivity contribution in [2.24, 2.45) is 0 Å². The summed E-state index contributed by atoms with van der Waals surface area (Å²) in [6.07, 6.45) is -3.43. The first-order chi connectivity index (χ1) is 16.5. The van der Waals surface area contributed by atoms with E-state index in [9.17, 15) is 14.7 Å². The minimum Gasteiger partial charge on any atom is -0.452 e. The van der Waals surface area contributed by atoms with Crippen molar-refractivity contribution in [3.63, 3.8) is 0 Å². The van der Waals surface area contributed by atoms with E-state index in [-0.39, 0.29) is 17.5 Å². The van der Waals surface area contributed by atoms with Gasteiger partial charge in [-0.05, 0) is 29.8 Å². The minimum atomic E-state index is -2.35. The number of carbonyl (C=O) groups excluding carboxylic acids is 2. The summed E-state index contributed by atoms with van der Waals surface area (Å²) < 4.78 is 22.8. The highest BCUT2D eigenvalue weighted by atomic mass is 79.9. The normalized spacial score (nSPS) is 23.9. The summed E-state index contributed by atoms with van der Waals surface area (Å²) in [5.41, 5.74) is 1.35. The van der Waals surface area contributed by atoms with E-state index in [1.54, 1.807) is 60.7 Å². The third-order valence-electron chi connectivity index (χ3n) is 5.28. The van der Waals surface area contributed by atoms with E-state index >= 15 is 0 Å². The molecule has 7 nitrogen and oxygen atoms in total. The van der Waals surface area contributed by atoms with Gasteiger partial charge in [0.15, 0.2) is 6.10 Å². The van der Waals surface area contributed by atoms with Gasteiger partial charge in [-0.15, -0.1) is 0 Å². The van der Waals surface area contributed by atoms with Crippen LogP contribution in [0.1, 0.15) is 26.3 Å². The Balaban J connectivity index is 1.61. The Hall–Kier alpha value is -3.04. The maximum absolute atomic E-state index is 12.9. The summed E-state index contributed by atoms with van der Waals surface area (Å²) in [5, 5.41) is 11.5. The zero-order valence-corrected chi connectivity index (χ0v) is 19.7. The summed E-state index contributed by atoms with van der Waals surface area (Å²) in [6.45, 7) is -0.0227. The molecule has 1 saturated heterocycles. The number of carbonyl (C=O) groups is 2. The molecular formula is C26H23BrO7. The van der Waals surface area contributed by atoms with Crippen LogP contribution in [0, 0.1) is 0 Å². The molecule has 4 rings (SSSR count). The van der Waals surface area contributed by atoms with Gasteiger partial charge in [0, 0.05) is 5.33 Å². The van der Waals surface area contributed by atoms with E-state index in [0.29, 0.717) is 5.56 Å². The number of esters is 2. The Kier molecular flexibility index (Phi) is 7.74. The average Bonchev–Trinajstić information content (AvgIpc) is 3.15. The largest absolute Gasteiger partial charge is 0.452 e. The summed E-state index contributed by atoms with van der Waals surface area (Å²) in [7, 11) is 0. The number of hydrogen-bond acceptors (Lipinski definition) is 7. The van der Waals surface area contributed by atoms with E-state index in [1.807, 2.05) is 30.3 Å². The van der Waals surface area contributed by atoms with Crippen LogP contribution >= 0.6 is 15.9 Å². The van der Waals surface area contributed by atoms with Crippen molar-refractivity contribution in [1.29, 1.82) is 0 Å². The molecule has 0 radical (unpaired) electrons. The first-order valence-electron chi connectivity index (χ1n) is 10.7. The Morgan fingerprint density at radius 2 is 1.32 bits per heavy atom. The second kappa shape index (κ2) is 10.9. The van der Waals surface area contributed by atoms with Gasteiger partial charge in [-0.1, -0.05) is 82.7 Å². The molecule has 4 atom stereocenters. The molecule has 0 amide bonds. The predicted molar refractivity (Wildman–Crippen MR) is 126 cm³/mol. The molecule has 3 aromatic rings. The molecule has 0 spiro atoms. The molecule has 0 aromatic heterocycles. The van der Waals surface area contributed by atoms with Crippen LogP contribution in [0.4, 0.5) is 0 Å². The fourth-order valence-electron chi connectivity index (χ4n) is 3.55. The average molecular weight is 527 g/mol. The molecule has 0 bridgehead atoms. The zero-order valence-electron chi connectivity index (χ0n) is 18.1. The lowest BCUT2D eigenvalue weighted by Crippen LogP contribution is -2.49. The van der Waals surface area contributed by atoms with Crippen LogP contribution in [0.2, 0.25) is 0 Å². The van der Waals surface area contributed by atoms with Crippen molar-refractivity contribution in [3.05, 3.63) is 108 Å². The highest BCUT2D eigenvalue weighted by Crippen LogP contribution is 2.37. The third kappa shape index (κ3) is 5.53. The van der Waals surface area contributed by atoms with E-state index in [2.05, 4.69) is 15.9 Å². The van der Waals surface area contributed by atoms with Crippen molar-refractivity contribution >= 4 is 27.9 Å². The second-order valence-corrected chi connectivity index (χ2v) is 8.29. The molecule has 1 fully saturated rings. The molecular weight excluding hydrogens is 504 g/mol. The topological polar surface area (TPSA) is 91.3 Å². The number of benzene rings is 3. The van der Waals surface area contributed by atoms with Gasteiger partial charge in [0.05, 0.1) is 17.7 Å². The van der Waals surface area contributed by atoms with Crippen molar-refractivity contribution in [2.75, 3.05) is 5.33 Å². The van der Waals surface area contributed by atoms with Crippen LogP contribution < -0.4 is 0 Å². The highest BCUT2D eigenvalue weighted by molar-refractivity contribution is 9.09. The summed E-state index contributed by atoms with van der Waals surface area (Å²) in [5.74, 6) is -3.71. The SMILES string of the molecule is O=C(OC1C(OC(=O)c2ccccc2)[C@@](O)(OCc2ccccc2)O[C@@H]1CBr)c1ccccc1. The fourth-order valence-corrected chi connectivity index (χ4v) is 4.05. The van der Waals surface area contributed by atoms with Gasteiger partial charge < -0.3 is 24.1 Å². The molecule has 1 aliphatic rings.